The average molecular weight is 320 g/mol. The fourth-order valence-corrected chi connectivity index (χ4v) is 2.84. The lowest BCUT2D eigenvalue weighted by Gasteiger charge is -2.26. The van der Waals surface area contributed by atoms with E-state index in [2.05, 4.69) is 12.2 Å². The van der Waals surface area contributed by atoms with E-state index >= 15 is 0 Å². The fourth-order valence-electron chi connectivity index (χ4n) is 2.84. The number of urea groups is 1. The van der Waals surface area contributed by atoms with Crippen LogP contribution in [0.2, 0.25) is 0 Å². The third-order valence-electron chi connectivity index (χ3n) is 4.14. The normalized spacial score (nSPS) is 16.9. The van der Waals surface area contributed by atoms with E-state index < -0.39 is 0 Å². The van der Waals surface area contributed by atoms with E-state index in [1.54, 1.807) is 0 Å². The number of carbonyl (C=O) groups excluding carboxylic acids is 1. The molecule has 1 unspecified atom stereocenters. The summed E-state index contributed by atoms with van der Waals surface area (Å²) < 4.78 is 5.75. The van der Waals surface area contributed by atoms with Crippen molar-refractivity contribution in [3.63, 3.8) is 0 Å². The Bertz CT molecular complexity index is 485. The molecular weight excluding hydrogens is 292 g/mol. The number of para-hydroxylation sites is 1. The van der Waals surface area contributed by atoms with E-state index in [0.29, 0.717) is 19.6 Å². The van der Waals surface area contributed by atoms with Crippen molar-refractivity contribution in [2.24, 2.45) is 0 Å². The number of amides is 2. The van der Waals surface area contributed by atoms with E-state index in [0.717, 1.165) is 43.5 Å². The first-order chi connectivity index (χ1) is 11.3. The van der Waals surface area contributed by atoms with Crippen LogP contribution in [0.1, 0.15) is 50.6 Å². The van der Waals surface area contributed by atoms with Crippen LogP contribution in [0.5, 0.6) is 5.75 Å². The lowest BCUT2D eigenvalue weighted by atomic mass is 10.0. The van der Waals surface area contributed by atoms with Crippen LogP contribution in [0.4, 0.5) is 4.79 Å². The Morgan fingerprint density at radius 2 is 2.13 bits per heavy atom. The third-order valence-corrected chi connectivity index (χ3v) is 4.14. The summed E-state index contributed by atoms with van der Waals surface area (Å²) in [4.78, 5) is 14.5. The van der Waals surface area contributed by atoms with Crippen LogP contribution >= 0.6 is 0 Å². The van der Waals surface area contributed by atoms with Crippen molar-refractivity contribution in [1.29, 1.82) is 0 Å². The van der Waals surface area contributed by atoms with E-state index in [9.17, 15) is 4.79 Å². The first-order valence-electron chi connectivity index (χ1n) is 8.64. The van der Waals surface area contributed by atoms with Gasteiger partial charge in [0.1, 0.15) is 5.75 Å². The van der Waals surface area contributed by atoms with E-state index in [-0.39, 0.29) is 18.7 Å². The number of fused-ring (bicyclic) bond motifs is 1. The van der Waals surface area contributed by atoms with Gasteiger partial charge >= 0.3 is 6.03 Å². The summed E-state index contributed by atoms with van der Waals surface area (Å²) in [5.41, 5.74) is 1.05. The second-order valence-electron chi connectivity index (χ2n) is 5.95. The molecule has 1 aromatic rings. The molecule has 1 aliphatic rings. The molecule has 0 fully saturated rings. The van der Waals surface area contributed by atoms with E-state index in [1.807, 2.05) is 29.2 Å². The van der Waals surface area contributed by atoms with Gasteiger partial charge in [0.25, 0.3) is 0 Å². The van der Waals surface area contributed by atoms with Gasteiger partial charge in [-0.2, -0.15) is 0 Å². The van der Waals surface area contributed by atoms with Crippen molar-refractivity contribution in [3.05, 3.63) is 29.8 Å². The number of carbonyl (C=O) groups is 1. The lowest BCUT2D eigenvalue weighted by molar-refractivity contribution is 0.184. The van der Waals surface area contributed by atoms with Crippen molar-refractivity contribution >= 4 is 6.03 Å². The lowest BCUT2D eigenvalue weighted by Crippen LogP contribution is -2.42. The Labute approximate surface area is 138 Å². The Morgan fingerprint density at radius 3 is 2.91 bits per heavy atom. The second kappa shape index (κ2) is 9.40. The van der Waals surface area contributed by atoms with E-state index in [4.69, 9.17) is 9.84 Å². The van der Waals surface area contributed by atoms with Gasteiger partial charge < -0.3 is 20.1 Å². The first kappa shape index (κ1) is 17.6. The molecule has 2 amide bonds. The Balaban J connectivity index is 2.04. The summed E-state index contributed by atoms with van der Waals surface area (Å²) in [6.07, 6.45) is 4.43. The summed E-state index contributed by atoms with van der Waals surface area (Å²) in [6.45, 7) is 4.23. The van der Waals surface area contributed by atoms with Crippen LogP contribution < -0.4 is 10.1 Å². The van der Waals surface area contributed by atoms with Crippen molar-refractivity contribution in [2.45, 2.75) is 45.1 Å². The number of benzene rings is 1. The summed E-state index contributed by atoms with van der Waals surface area (Å²) in [5, 5.41) is 12.2. The molecule has 0 saturated heterocycles. The highest BCUT2D eigenvalue weighted by molar-refractivity contribution is 5.75. The smallest absolute Gasteiger partial charge is 0.317 e. The minimum atomic E-state index is -0.0476. The van der Waals surface area contributed by atoms with Crippen LogP contribution in [0, 0.1) is 0 Å². The largest absolute Gasteiger partial charge is 0.493 e. The maximum absolute atomic E-state index is 12.6. The molecule has 0 saturated carbocycles. The molecule has 1 aliphatic heterocycles. The molecule has 1 atom stereocenters. The summed E-state index contributed by atoms with van der Waals surface area (Å²) >= 11 is 0. The molecule has 0 bridgehead atoms. The first-order valence-corrected chi connectivity index (χ1v) is 8.64. The molecule has 0 aliphatic carbocycles. The predicted molar refractivity (Wildman–Crippen MR) is 90.6 cm³/mol. The number of aliphatic hydroxyl groups excluding tert-OH is 1. The van der Waals surface area contributed by atoms with Gasteiger partial charge in [0.2, 0.25) is 0 Å². The quantitative estimate of drug-likeness (QED) is 0.811. The monoisotopic (exact) mass is 320 g/mol. The van der Waals surface area contributed by atoms with Gasteiger partial charge in [0.05, 0.1) is 12.6 Å². The van der Waals surface area contributed by atoms with Gasteiger partial charge in [-0.05, 0) is 31.7 Å². The second-order valence-corrected chi connectivity index (χ2v) is 5.95. The topological polar surface area (TPSA) is 61.8 Å². The van der Waals surface area contributed by atoms with Gasteiger partial charge in [-0.3, -0.25) is 0 Å². The van der Waals surface area contributed by atoms with Crippen molar-refractivity contribution in [1.82, 2.24) is 10.2 Å². The molecular formula is C18H28N2O3. The summed E-state index contributed by atoms with van der Waals surface area (Å²) in [5.74, 6) is 0.866. The number of unbranched alkanes of at least 4 members (excludes halogenated alkanes) is 1. The number of hydrogen-bond acceptors (Lipinski definition) is 3. The van der Waals surface area contributed by atoms with E-state index in [1.165, 1.54) is 0 Å². The van der Waals surface area contributed by atoms with Crippen LogP contribution in [-0.2, 0) is 0 Å². The molecule has 0 radical (unpaired) electrons. The SMILES string of the molecule is CCCCN(CCCO)C(=O)NC1CCCOc2ccccc21. The zero-order valence-corrected chi connectivity index (χ0v) is 14.0. The number of aliphatic hydroxyl groups is 1. The van der Waals surface area contributed by atoms with Crippen LogP contribution in [0.25, 0.3) is 0 Å². The summed E-state index contributed by atoms with van der Waals surface area (Å²) in [7, 11) is 0. The van der Waals surface area contributed by atoms with Crippen molar-refractivity contribution in [3.8, 4) is 5.75 Å². The molecule has 2 N–H and O–H groups in total. The van der Waals surface area contributed by atoms with Crippen LogP contribution in [-0.4, -0.2) is 42.3 Å². The standard InChI is InChI=1S/C18H28N2O3/c1-2-3-11-20(12-7-13-21)18(22)19-16-9-6-14-23-17-10-5-4-8-15(16)17/h4-5,8,10,16,21H,2-3,6-7,9,11-14H2,1H3,(H,19,22). The minimum Gasteiger partial charge on any atom is -0.493 e. The molecule has 1 heterocycles. The Kier molecular flexibility index (Phi) is 7.20. The molecule has 128 valence electrons. The molecule has 0 aromatic heterocycles. The molecule has 0 spiro atoms. The highest BCUT2D eigenvalue weighted by atomic mass is 16.5. The van der Waals surface area contributed by atoms with Gasteiger partial charge in [0.15, 0.2) is 0 Å². The van der Waals surface area contributed by atoms with Gasteiger partial charge in [-0.15, -0.1) is 0 Å². The highest BCUT2D eigenvalue weighted by Crippen LogP contribution is 2.31. The maximum Gasteiger partial charge on any atom is 0.317 e. The van der Waals surface area contributed by atoms with Crippen molar-refractivity contribution in [2.75, 3.05) is 26.3 Å². The highest BCUT2D eigenvalue weighted by Gasteiger charge is 2.23. The molecule has 23 heavy (non-hydrogen) atoms. The zero-order valence-electron chi connectivity index (χ0n) is 14.0. The number of hydrogen-bond donors (Lipinski definition) is 2. The third kappa shape index (κ3) is 5.13. The zero-order chi connectivity index (χ0) is 16.5. The summed E-state index contributed by atoms with van der Waals surface area (Å²) in [6, 6.07) is 7.86. The minimum absolute atomic E-state index is 0.0144. The van der Waals surface area contributed by atoms with Gasteiger partial charge in [-0.25, -0.2) is 4.79 Å². The number of ether oxygens (including phenoxy) is 1. The average Bonchev–Trinajstić information content (AvgIpc) is 2.77. The molecule has 5 heteroatoms. The number of rotatable bonds is 7. The van der Waals surface area contributed by atoms with Gasteiger partial charge in [0, 0.05) is 25.3 Å². The predicted octanol–water partition coefficient (Wildman–Crippen LogP) is 3.09. The van der Waals surface area contributed by atoms with Crippen LogP contribution in [0.15, 0.2) is 24.3 Å². The van der Waals surface area contributed by atoms with Crippen LogP contribution in [0.3, 0.4) is 0 Å². The Morgan fingerprint density at radius 1 is 1.35 bits per heavy atom. The molecule has 5 nitrogen and oxygen atoms in total. The number of nitrogens with zero attached hydrogens (tertiary/aromatic N) is 1. The number of nitrogens with one attached hydrogen (secondary N) is 1. The van der Waals surface area contributed by atoms with Crippen molar-refractivity contribution < 1.29 is 14.6 Å². The Hall–Kier alpha value is -1.75. The molecule has 2 rings (SSSR count). The molecule has 1 aromatic carbocycles. The van der Waals surface area contributed by atoms with Gasteiger partial charge in [-0.1, -0.05) is 31.5 Å². The maximum atomic E-state index is 12.6. The fraction of sp³-hybridized carbons (Fsp3) is 0.611.